The molecule has 0 atom stereocenters. The van der Waals surface area contributed by atoms with Gasteiger partial charge in [-0.15, -0.1) is 11.3 Å². The zero-order valence-corrected chi connectivity index (χ0v) is 11.6. The van der Waals surface area contributed by atoms with E-state index in [-0.39, 0.29) is 5.78 Å². The molecule has 94 valence electrons. The number of rotatable bonds is 4. The Bertz CT molecular complexity index is 577. The van der Waals surface area contributed by atoms with Gasteiger partial charge in [-0.2, -0.15) is 0 Å². The second-order valence-corrected chi connectivity index (χ2v) is 5.72. The van der Waals surface area contributed by atoms with Crippen LogP contribution in [0.4, 0.5) is 5.69 Å². The summed E-state index contributed by atoms with van der Waals surface area (Å²) in [6.45, 7) is 2.11. The monoisotopic (exact) mass is 279 g/mol. The Kier molecular flexibility index (Phi) is 4.04. The van der Waals surface area contributed by atoms with Gasteiger partial charge in [0.15, 0.2) is 5.78 Å². The molecular weight excluding hydrogens is 266 g/mol. The Morgan fingerprint density at radius 2 is 2.00 bits per heavy atom. The average molecular weight is 280 g/mol. The number of ketones is 1. The zero-order valence-electron chi connectivity index (χ0n) is 10.1. The van der Waals surface area contributed by atoms with Crippen molar-refractivity contribution < 1.29 is 4.79 Å². The molecule has 2 rings (SSSR count). The minimum atomic E-state index is 0.0721. The van der Waals surface area contributed by atoms with E-state index in [2.05, 4.69) is 13.0 Å². The van der Waals surface area contributed by atoms with Gasteiger partial charge in [-0.1, -0.05) is 18.5 Å². The second kappa shape index (κ2) is 5.55. The summed E-state index contributed by atoms with van der Waals surface area (Å²) in [6, 6.07) is 9.11. The molecule has 0 bridgehead atoms. The minimum absolute atomic E-state index is 0.0721. The largest absolute Gasteiger partial charge is 0.398 e. The third-order valence-corrected chi connectivity index (χ3v) is 4.29. The Balaban J connectivity index is 2.14. The molecule has 0 amide bonds. The van der Waals surface area contributed by atoms with Crippen LogP contribution in [0.1, 0.15) is 27.0 Å². The molecule has 0 saturated heterocycles. The lowest BCUT2D eigenvalue weighted by molar-refractivity contribution is 0.0994. The Morgan fingerprint density at radius 3 is 2.61 bits per heavy atom. The quantitative estimate of drug-likeness (QED) is 0.680. The summed E-state index contributed by atoms with van der Waals surface area (Å²) in [4.78, 5) is 14.5. The Hall–Kier alpha value is -1.32. The number of hydrogen-bond donors (Lipinski definition) is 1. The first-order chi connectivity index (χ1) is 8.60. The van der Waals surface area contributed by atoms with Gasteiger partial charge in [0.2, 0.25) is 0 Å². The number of nitrogen functional groups attached to an aromatic ring is 1. The molecule has 0 radical (unpaired) electrons. The van der Waals surface area contributed by atoms with Crippen molar-refractivity contribution >= 4 is 34.4 Å². The third kappa shape index (κ3) is 2.92. The number of nitrogens with two attached hydrogens (primary N) is 1. The highest BCUT2D eigenvalue weighted by Gasteiger charge is 2.10. The van der Waals surface area contributed by atoms with Crippen LogP contribution in [0.15, 0.2) is 30.3 Å². The van der Waals surface area contributed by atoms with Gasteiger partial charge < -0.3 is 5.73 Å². The SMILES string of the molecule is CCc1ccc(CC(=O)c2ccc(Cl)c(N)c2)s1. The predicted molar refractivity (Wildman–Crippen MR) is 77.6 cm³/mol. The van der Waals surface area contributed by atoms with Gasteiger partial charge >= 0.3 is 0 Å². The molecule has 0 aliphatic heterocycles. The number of carbonyl (C=O) groups is 1. The lowest BCUT2D eigenvalue weighted by atomic mass is 10.1. The minimum Gasteiger partial charge on any atom is -0.398 e. The van der Waals surface area contributed by atoms with E-state index in [1.807, 2.05) is 6.07 Å². The van der Waals surface area contributed by atoms with E-state index in [1.54, 1.807) is 29.5 Å². The van der Waals surface area contributed by atoms with E-state index in [0.29, 0.717) is 22.7 Å². The summed E-state index contributed by atoms with van der Waals surface area (Å²) in [5.74, 6) is 0.0721. The van der Waals surface area contributed by atoms with Crippen LogP contribution in [0.3, 0.4) is 0 Å². The molecule has 2 N–H and O–H groups in total. The molecule has 4 heteroatoms. The molecular formula is C14H14ClNOS. The number of benzene rings is 1. The summed E-state index contributed by atoms with van der Waals surface area (Å²) < 4.78 is 0. The smallest absolute Gasteiger partial charge is 0.168 e. The zero-order chi connectivity index (χ0) is 13.1. The average Bonchev–Trinajstić information content (AvgIpc) is 2.80. The van der Waals surface area contributed by atoms with Gasteiger partial charge in [0.25, 0.3) is 0 Å². The van der Waals surface area contributed by atoms with Crippen molar-refractivity contribution in [3.63, 3.8) is 0 Å². The van der Waals surface area contributed by atoms with Crippen LogP contribution < -0.4 is 5.73 Å². The molecule has 2 nitrogen and oxygen atoms in total. The molecule has 0 saturated carbocycles. The standard InChI is InChI=1S/C14H14ClNOS/c1-2-10-4-5-11(18-10)8-14(17)9-3-6-12(15)13(16)7-9/h3-7H,2,8,16H2,1H3. The number of hydrogen-bond acceptors (Lipinski definition) is 3. The van der Waals surface area contributed by atoms with Crippen LogP contribution in [-0.2, 0) is 12.8 Å². The maximum Gasteiger partial charge on any atom is 0.168 e. The van der Waals surface area contributed by atoms with E-state index in [0.717, 1.165) is 11.3 Å². The number of anilines is 1. The van der Waals surface area contributed by atoms with Crippen molar-refractivity contribution in [2.45, 2.75) is 19.8 Å². The summed E-state index contributed by atoms with van der Waals surface area (Å²) in [5, 5.41) is 0.482. The van der Waals surface area contributed by atoms with E-state index >= 15 is 0 Å². The van der Waals surface area contributed by atoms with Gasteiger partial charge in [-0.25, -0.2) is 0 Å². The van der Waals surface area contributed by atoms with Crippen LogP contribution in [0.5, 0.6) is 0 Å². The van der Waals surface area contributed by atoms with Crippen molar-refractivity contribution in [1.82, 2.24) is 0 Å². The molecule has 18 heavy (non-hydrogen) atoms. The number of Topliss-reactive ketones (excluding diaryl/α,β-unsaturated/α-hetero) is 1. The fraction of sp³-hybridized carbons (Fsp3) is 0.214. The van der Waals surface area contributed by atoms with Crippen LogP contribution in [-0.4, -0.2) is 5.78 Å². The first kappa shape index (κ1) is 13.1. The number of halogens is 1. The number of carbonyl (C=O) groups excluding carboxylic acids is 1. The summed E-state index contributed by atoms with van der Waals surface area (Å²) in [6.07, 6.45) is 1.43. The first-order valence-electron chi connectivity index (χ1n) is 5.76. The topological polar surface area (TPSA) is 43.1 Å². The molecule has 1 heterocycles. The Labute approximate surface area is 115 Å². The number of thiophene rings is 1. The summed E-state index contributed by atoms with van der Waals surface area (Å²) in [5.41, 5.74) is 6.76. The highest BCUT2D eigenvalue weighted by Crippen LogP contribution is 2.22. The normalized spacial score (nSPS) is 10.6. The summed E-state index contributed by atoms with van der Waals surface area (Å²) >= 11 is 7.52. The molecule has 0 unspecified atom stereocenters. The van der Waals surface area contributed by atoms with Gasteiger partial charge in [-0.05, 0) is 36.8 Å². The van der Waals surface area contributed by atoms with Crippen molar-refractivity contribution in [3.8, 4) is 0 Å². The lowest BCUT2D eigenvalue weighted by Gasteiger charge is -2.02. The fourth-order valence-corrected chi connectivity index (χ4v) is 2.76. The fourth-order valence-electron chi connectivity index (χ4n) is 1.68. The van der Waals surface area contributed by atoms with Crippen molar-refractivity contribution in [2.24, 2.45) is 0 Å². The third-order valence-electron chi connectivity index (χ3n) is 2.72. The van der Waals surface area contributed by atoms with Crippen LogP contribution in [0.2, 0.25) is 5.02 Å². The predicted octanol–water partition coefficient (Wildman–Crippen LogP) is 3.97. The van der Waals surface area contributed by atoms with Gasteiger partial charge in [0.1, 0.15) is 0 Å². The van der Waals surface area contributed by atoms with Gasteiger partial charge in [-0.3, -0.25) is 4.79 Å². The van der Waals surface area contributed by atoms with Crippen molar-refractivity contribution in [3.05, 3.63) is 50.7 Å². The summed E-state index contributed by atoms with van der Waals surface area (Å²) in [7, 11) is 0. The van der Waals surface area contributed by atoms with Crippen LogP contribution in [0, 0.1) is 0 Å². The second-order valence-electron chi connectivity index (χ2n) is 4.06. The maximum atomic E-state index is 12.1. The molecule has 0 fully saturated rings. The Morgan fingerprint density at radius 1 is 1.28 bits per heavy atom. The lowest BCUT2D eigenvalue weighted by Crippen LogP contribution is -2.03. The van der Waals surface area contributed by atoms with Crippen molar-refractivity contribution in [2.75, 3.05) is 5.73 Å². The van der Waals surface area contributed by atoms with E-state index in [4.69, 9.17) is 17.3 Å². The molecule has 1 aromatic heterocycles. The molecule has 0 spiro atoms. The van der Waals surface area contributed by atoms with Gasteiger partial charge in [0.05, 0.1) is 10.7 Å². The molecule has 2 aromatic rings. The molecule has 1 aromatic carbocycles. The van der Waals surface area contributed by atoms with Crippen LogP contribution in [0.25, 0.3) is 0 Å². The van der Waals surface area contributed by atoms with Crippen molar-refractivity contribution in [1.29, 1.82) is 0 Å². The van der Waals surface area contributed by atoms with Crippen LogP contribution >= 0.6 is 22.9 Å². The molecule has 0 aliphatic rings. The number of aryl methyl sites for hydroxylation is 1. The molecule has 0 aliphatic carbocycles. The van der Waals surface area contributed by atoms with E-state index < -0.39 is 0 Å². The highest BCUT2D eigenvalue weighted by molar-refractivity contribution is 7.12. The highest BCUT2D eigenvalue weighted by atomic mass is 35.5. The maximum absolute atomic E-state index is 12.1. The van der Waals surface area contributed by atoms with E-state index in [9.17, 15) is 4.79 Å². The van der Waals surface area contributed by atoms with E-state index in [1.165, 1.54) is 4.88 Å². The van der Waals surface area contributed by atoms with Gasteiger partial charge in [0, 0.05) is 21.7 Å². The first-order valence-corrected chi connectivity index (χ1v) is 6.95.